The average molecular weight is 251 g/mol. The molecule has 0 aromatic rings. The molecule has 0 saturated heterocycles. The fraction of sp³-hybridized carbons (Fsp3) is 0.882. The van der Waals surface area contributed by atoms with Gasteiger partial charge in [-0.05, 0) is 76.7 Å². The summed E-state index contributed by atoms with van der Waals surface area (Å²) in [5.74, 6) is 1.73. The van der Waals surface area contributed by atoms with Crippen molar-refractivity contribution in [2.45, 2.75) is 72.3 Å². The van der Waals surface area contributed by atoms with Gasteiger partial charge in [0.1, 0.15) is 0 Å². The molecule has 0 aromatic heterocycles. The van der Waals surface area contributed by atoms with Gasteiger partial charge < -0.3 is 5.32 Å². The molecule has 1 fully saturated rings. The molecule has 0 heterocycles. The second kappa shape index (κ2) is 6.23. The molecule has 1 saturated carbocycles. The van der Waals surface area contributed by atoms with Gasteiger partial charge in [-0.1, -0.05) is 19.9 Å². The molecule has 106 valence electrons. The lowest BCUT2D eigenvalue weighted by Crippen LogP contribution is -2.43. The van der Waals surface area contributed by atoms with Crippen molar-refractivity contribution in [3.63, 3.8) is 0 Å². The molecule has 1 rings (SSSR count). The minimum absolute atomic E-state index is 0.246. The highest BCUT2D eigenvalue weighted by Crippen LogP contribution is 2.43. The Morgan fingerprint density at radius 3 is 2.50 bits per heavy atom. The lowest BCUT2D eigenvalue weighted by atomic mass is 9.66. The predicted octanol–water partition coefficient (Wildman–Crippen LogP) is 4.78. The number of rotatable bonds is 5. The van der Waals surface area contributed by atoms with Crippen LogP contribution in [0.2, 0.25) is 0 Å². The molecule has 1 heteroatoms. The zero-order valence-corrected chi connectivity index (χ0v) is 13.2. The maximum Gasteiger partial charge on any atom is 0.00966 e. The van der Waals surface area contributed by atoms with Crippen LogP contribution in [-0.4, -0.2) is 12.1 Å². The molecule has 1 aliphatic carbocycles. The van der Waals surface area contributed by atoms with Crippen LogP contribution >= 0.6 is 0 Å². The fourth-order valence-electron chi connectivity index (χ4n) is 3.17. The molecule has 1 aliphatic rings. The normalized spacial score (nSPS) is 28.1. The first-order valence-corrected chi connectivity index (χ1v) is 7.59. The van der Waals surface area contributed by atoms with Crippen molar-refractivity contribution >= 4 is 0 Å². The lowest BCUT2D eigenvalue weighted by molar-refractivity contribution is 0.106. The Morgan fingerprint density at radius 1 is 1.28 bits per heavy atom. The maximum atomic E-state index is 3.88. The second-order valence-electron chi connectivity index (χ2n) is 7.92. The van der Waals surface area contributed by atoms with E-state index in [-0.39, 0.29) is 5.54 Å². The Hall–Kier alpha value is -0.300. The van der Waals surface area contributed by atoms with Crippen LogP contribution in [-0.2, 0) is 0 Å². The van der Waals surface area contributed by atoms with E-state index in [4.69, 9.17) is 0 Å². The Balaban J connectivity index is 2.54. The molecule has 2 atom stereocenters. The van der Waals surface area contributed by atoms with E-state index in [1.165, 1.54) is 38.6 Å². The molecule has 0 radical (unpaired) electrons. The molecular formula is C17H33N. The van der Waals surface area contributed by atoms with Gasteiger partial charge in [0.25, 0.3) is 0 Å². The monoisotopic (exact) mass is 251 g/mol. The van der Waals surface area contributed by atoms with Gasteiger partial charge in [0, 0.05) is 5.54 Å². The summed E-state index contributed by atoms with van der Waals surface area (Å²) in [5, 5.41) is 3.70. The largest absolute Gasteiger partial charge is 0.312 e. The summed E-state index contributed by atoms with van der Waals surface area (Å²) in [5.41, 5.74) is 0.792. The molecule has 0 aromatic carbocycles. The van der Waals surface area contributed by atoms with Gasteiger partial charge in [0.2, 0.25) is 0 Å². The summed E-state index contributed by atoms with van der Waals surface area (Å²) in [4.78, 5) is 0. The molecule has 2 unspecified atom stereocenters. The lowest BCUT2D eigenvalue weighted by Gasteiger charge is -2.42. The van der Waals surface area contributed by atoms with Crippen LogP contribution in [0.15, 0.2) is 12.7 Å². The van der Waals surface area contributed by atoms with Crippen molar-refractivity contribution in [1.29, 1.82) is 0 Å². The van der Waals surface area contributed by atoms with Crippen LogP contribution in [0, 0.1) is 17.3 Å². The summed E-state index contributed by atoms with van der Waals surface area (Å²) in [6.07, 6.45) is 8.73. The average Bonchev–Trinajstić information content (AvgIpc) is 2.22. The van der Waals surface area contributed by atoms with Gasteiger partial charge in [0.05, 0.1) is 0 Å². The van der Waals surface area contributed by atoms with Gasteiger partial charge in [-0.15, -0.1) is 6.58 Å². The van der Waals surface area contributed by atoms with E-state index < -0.39 is 0 Å². The third kappa shape index (κ3) is 5.56. The number of hydrogen-bond donors (Lipinski definition) is 1. The van der Waals surface area contributed by atoms with Crippen molar-refractivity contribution < 1.29 is 0 Å². The zero-order chi connectivity index (χ0) is 13.8. The van der Waals surface area contributed by atoms with Gasteiger partial charge in [-0.25, -0.2) is 0 Å². The van der Waals surface area contributed by atoms with Crippen LogP contribution in [0.25, 0.3) is 0 Å². The Kier molecular flexibility index (Phi) is 5.46. The number of nitrogens with one attached hydrogen (secondary N) is 1. The topological polar surface area (TPSA) is 12.0 Å². The SMILES string of the molecule is C=CCCC1CC(C)(C)CCC1CNC(C)(C)C. The summed E-state index contributed by atoms with van der Waals surface area (Å²) in [6, 6.07) is 0. The molecule has 18 heavy (non-hydrogen) atoms. The Bertz CT molecular complexity index is 259. The van der Waals surface area contributed by atoms with Crippen LogP contribution in [0.1, 0.15) is 66.7 Å². The second-order valence-corrected chi connectivity index (χ2v) is 7.92. The fourth-order valence-corrected chi connectivity index (χ4v) is 3.17. The van der Waals surface area contributed by atoms with Crippen molar-refractivity contribution in [1.82, 2.24) is 5.32 Å². The first kappa shape index (κ1) is 15.8. The minimum Gasteiger partial charge on any atom is -0.312 e. The van der Waals surface area contributed by atoms with E-state index in [1.807, 2.05) is 0 Å². The number of hydrogen-bond acceptors (Lipinski definition) is 1. The highest BCUT2D eigenvalue weighted by Gasteiger charge is 2.34. The van der Waals surface area contributed by atoms with Crippen molar-refractivity contribution in [3.05, 3.63) is 12.7 Å². The zero-order valence-electron chi connectivity index (χ0n) is 13.2. The third-order valence-electron chi connectivity index (χ3n) is 4.31. The molecule has 1 N–H and O–H groups in total. The summed E-state index contributed by atoms with van der Waals surface area (Å²) >= 11 is 0. The van der Waals surface area contributed by atoms with Crippen LogP contribution in [0.4, 0.5) is 0 Å². The molecule has 0 amide bonds. The van der Waals surface area contributed by atoms with Crippen molar-refractivity contribution in [3.8, 4) is 0 Å². The van der Waals surface area contributed by atoms with Crippen molar-refractivity contribution in [2.24, 2.45) is 17.3 Å². The van der Waals surface area contributed by atoms with Gasteiger partial charge in [-0.3, -0.25) is 0 Å². The predicted molar refractivity (Wildman–Crippen MR) is 81.8 cm³/mol. The summed E-state index contributed by atoms with van der Waals surface area (Å²) in [7, 11) is 0. The van der Waals surface area contributed by atoms with E-state index in [1.54, 1.807) is 0 Å². The van der Waals surface area contributed by atoms with E-state index in [0.29, 0.717) is 5.41 Å². The van der Waals surface area contributed by atoms with Gasteiger partial charge in [-0.2, -0.15) is 0 Å². The third-order valence-corrected chi connectivity index (χ3v) is 4.31. The van der Waals surface area contributed by atoms with Crippen LogP contribution in [0.3, 0.4) is 0 Å². The summed E-state index contributed by atoms with van der Waals surface area (Å²) in [6.45, 7) is 16.7. The van der Waals surface area contributed by atoms with E-state index in [2.05, 4.69) is 52.6 Å². The number of allylic oxidation sites excluding steroid dienone is 1. The first-order valence-electron chi connectivity index (χ1n) is 7.59. The van der Waals surface area contributed by atoms with Crippen LogP contribution in [0.5, 0.6) is 0 Å². The molecular weight excluding hydrogens is 218 g/mol. The molecule has 0 aliphatic heterocycles. The standard InChI is InChI=1S/C17H33N/c1-7-8-9-14-12-17(5,6)11-10-15(14)13-18-16(2,3)4/h7,14-15,18H,1,8-13H2,2-6H3. The van der Waals surface area contributed by atoms with Gasteiger partial charge >= 0.3 is 0 Å². The van der Waals surface area contributed by atoms with E-state index in [9.17, 15) is 0 Å². The minimum atomic E-state index is 0.246. The maximum absolute atomic E-state index is 3.88. The molecule has 0 bridgehead atoms. The van der Waals surface area contributed by atoms with Crippen LogP contribution < -0.4 is 5.32 Å². The molecule has 1 nitrogen and oxygen atoms in total. The smallest absolute Gasteiger partial charge is 0.00966 e. The Morgan fingerprint density at radius 2 is 1.94 bits per heavy atom. The van der Waals surface area contributed by atoms with E-state index >= 15 is 0 Å². The van der Waals surface area contributed by atoms with E-state index in [0.717, 1.165) is 11.8 Å². The Labute approximate surface area is 114 Å². The quantitative estimate of drug-likeness (QED) is 0.693. The highest BCUT2D eigenvalue weighted by molar-refractivity contribution is 4.88. The highest BCUT2D eigenvalue weighted by atomic mass is 14.9. The van der Waals surface area contributed by atoms with Crippen molar-refractivity contribution in [2.75, 3.05) is 6.54 Å². The molecule has 0 spiro atoms. The summed E-state index contributed by atoms with van der Waals surface area (Å²) < 4.78 is 0. The van der Waals surface area contributed by atoms with Gasteiger partial charge in [0.15, 0.2) is 0 Å². The first-order chi connectivity index (χ1) is 8.23.